The molecule has 1 aliphatic heterocycles. The lowest BCUT2D eigenvalue weighted by Crippen LogP contribution is -2.70. The lowest BCUT2D eigenvalue weighted by atomic mass is 9.60. The quantitative estimate of drug-likeness (QED) is 0.459. The Morgan fingerprint density at radius 2 is 1.74 bits per heavy atom. The molecule has 5 aliphatic rings. The number of aliphatic hydroxyl groups excluding tert-OH is 1. The average molecular weight is 531 g/mol. The summed E-state index contributed by atoms with van der Waals surface area (Å²) in [5, 5.41) is 16.4. The fraction of sp³-hybridized carbons (Fsp3) is 0.909. The predicted molar refractivity (Wildman–Crippen MR) is 118 cm³/mol. The number of ether oxygens (including phenoxy) is 2. The molecule has 194 valence electrons. The van der Waals surface area contributed by atoms with Crippen LogP contribution in [0.1, 0.15) is 64.2 Å². The molecular weight excluding hydrogens is 500 g/mol. The molecule has 2 amide bonds. The molecule has 34 heavy (non-hydrogen) atoms. The van der Waals surface area contributed by atoms with Crippen LogP contribution in [-0.2, 0) is 19.1 Å². The van der Waals surface area contributed by atoms with Gasteiger partial charge in [0.1, 0.15) is 12.7 Å². The lowest BCUT2D eigenvalue weighted by Gasteiger charge is -2.56. The van der Waals surface area contributed by atoms with Crippen LogP contribution in [0, 0.1) is 0 Å². The van der Waals surface area contributed by atoms with Gasteiger partial charge in [-0.25, -0.2) is 0 Å². The van der Waals surface area contributed by atoms with Crippen LogP contribution in [0.4, 0.5) is 13.2 Å². The van der Waals surface area contributed by atoms with Gasteiger partial charge in [0.25, 0.3) is 0 Å². The number of halogens is 5. The van der Waals surface area contributed by atoms with E-state index in [2.05, 4.69) is 10.6 Å². The molecule has 5 rings (SSSR count). The average Bonchev–Trinajstić information content (AvgIpc) is 3.27. The first kappa shape index (κ1) is 26.3. The fourth-order valence-electron chi connectivity index (χ4n) is 5.78. The van der Waals surface area contributed by atoms with Gasteiger partial charge in [-0.05, 0) is 64.2 Å². The first-order valence-corrected chi connectivity index (χ1v) is 12.7. The van der Waals surface area contributed by atoms with Gasteiger partial charge in [-0.15, -0.1) is 23.2 Å². The molecule has 12 heteroatoms. The highest BCUT2D eigenvalue weighted by Gasteiger charge is 2.56. The van der Waals surface area contributed by atoms with E-state index in [4.69, 9.17) is 32.7 Å². The molecule has 1 heterocycles. The minimum Gasteiger partial charge on any atom is -0.391 e. The number of amides is 2. The van der Waals surface area contributed by atoms with E-state index in [9.17, 15) is 27.9 Å². The van der Waals surface area contributed by atoms with Gasteiger partial charge >= 0.3 is 6.18 Å². The zero-order valence-electron chi connectivity index (χ0n) is 18.7. The van der Waals surface area contributed by atoms with E-state index in [1.807, 2.05) is 0 Å². The van der Waals surface area contributed by atoms with Crippen LogP contribution in [0.25, 0.3) is 0 Å². The number of rotatable bonds is 6. The second-order valence-corrected chi connectivity index (χ2v) is 11.3. The highest BCUT2D eigenvalue weighted by molar-refractivity contribution is 6.30. The van der Waals surface area contributed by atoms with Gasteiger partial charge in [0.2, 0.25) is 11.8 Å². The molecule has 5 unspecified atom stereocenters. The lowest BCUT2D eigenvalue weighted by molar-refractivity contribution is -0.214. The van der Waals surface area contributed by atoms with E-state index in [0.717, 1.165) is 12.8 Å². The first-order valence-electron chi connectivity index (χ1n) is 11.8. The Morgan fingerprint density at radius 3 is 2.32 bits per heavy atom. The SMILES string of the molecule is O=C(COC1CCC(Cl)C(Cl)C1)NC12CCC(NC(=O)C3CCC(C(F)(F)F)O3)(CC1)C[C@@H]2O. The van der Waals surface area contributed by atoms with Gasteiger partial charge in [0, 0.05) is 5.54 Å². The maximum Gasteiger partial charge on any atom is 0.414 e. The number of carbonyl (C=O) groups excluding carboxylic acids is 2. The maximum atomic E-state index is 12.9. The van der Waals surface area contributed by atoms with Gasteiger partial charge in [-0.2, -0.15) is 13.2 Å². The fourth-order valence-corrected chi connectivity index (χ4v) is 6.33. The Morgan fingerprint density at radius 1 is 1.03 bits per heavy atom. The zero-order valence-corrected chi connectivity index (χ0v) is 20.2. The zero-order chi connectivity index (χ0) is 24.7. The Kier molecular flexibility index (Phi) is 7.66. The van der Waals surface area contributed by atoms with Crippen molar-refractivity contribution < 1.29 is 37.3 Å². The van der Waals surface area contributed by atoms with Crippen LogP contribution >= 0.6 is 23.2 Å². The highest BCUT2D eigenvalue weighted by atomic mass is 35.5. The molecule has 7 nitrogen and oxygen atoms in total. The van der Waals surface area contributed by atoms with E-state index in [0.29, 0.717) is 32.1 Å². The summed E-state index contributed by atoms with van der Waals surface area (Å²) in [5.41, 5.74) is -1.52. The van der Waals surface area contributed by atoms with Crippen molar-refractivity contribution in [1.82, 2.24) is 10.6 Å². The van der Waals surface area contributed by atoms with E-state index in [1.54, 1.807) is 0 Å². The Bertz CT molecular complexity index is 778. The number of aliphatic hydroxyl groups is 1. The van der Waals surface area contributed by atoms with Crippen LogP contribution < -0.4 is 10.6 Å². The highest BCUT2D eigenvalue weighted by Crippen LogP contribution is 2.47. The van der Waals surface area contributed by atoms with Crippen molar-refractivity contribution in [3.05, 3.63) is 0 Å². The van der Waals surface area contributed by atoms with Gasteiger partial charge in [-0.3, -0.25) is 9.59 Å². The van der Waals surface area contributed by atoms with Crippen LogP contribution in [0.15, 0.2) is 0 Å². The molecule has 0 radical (unpaired) electrons. The molecule has 5 fully saturated rings. The largest absolute Gasteiger partial charge is 0.414 e. The minimum atomic E-state index is -4.49. The summed E-state index contributed by atoms with van der Waals surface area (Å²) in [7, 11) is 0. The molecule has 0 aromatic rings. The van der Waals surface area contributed by atoms with Crippen molar-refractivity contribution in [3.8, 4) is 0 Å². The van der Waals surface area contributed by atoms with Crippen LogP contribution in [-0.4, -0.2) is 76.0 Å². The topological polar surface area (TPSA) is 96.9 Å². The number of hydrogen-bond donors (Lipinski definition) is 3. The molecule has 1 saturated heterocycles. The first-order chi connectivity index (χ1) is 15.9. The van der Waals surface area contributed by atoms with E-state index in [-0.39, 0.29) is 48.6 Å². The monoisotopic (exact) mass is 530 g/mol. The van der Waals surface area contributed by atoms with E-state index in [1.165, 1.54) is 0 Å². The van der Waals surface area contributed by atoms with Gasteiger partial charge in [0.05, 0.1) is 28.5 Å². The second-order valence-electron chi connectivity index (χ2n) is 10.2. The summed E-state index contributed by atoms with van der Waals surface area (Å²) in [6, 6.07) is 0. The third-order valence-corrected chi connectivity index (χ3v) is 9.00. The smallest absolute Gasteiger partial charge is 0.391 e. The summed E-state index contributed by atoms with van der Waals surface area (Å²) in [5.74, 6) is -0.899. The number of alkyl halides is 5. The van der Waals surface area contributed by atoms with Crippen molar-refractivity contribution in [2.45, 2.75) is 117 Å². The number of fused-ring (bicyclic) bond motifs is 3. The standard InChI is InChI=1S/C22H31Cl2F3N2O5/c23-13-2-1-12(9-14(13)24)33-11-18(31)28-21-7-5-20(6-8-21,10-16(21)30)29-19(32)15-3-4-17(34-15)22(25,26)27/h12-17,30H,1-11H2,(H,28,31)(H,29,32)/t12?,13?,14?,15?,16-,17?,20?,21?/m0/s1. The number of hydrogen-bond acceptors (Lipinski definition) is 5. The molecule has 0 spiro atoms. The summed E-state index contributed by atoms with van der Waals surface area (Å²) in [6.07, 6.45) is -4.71. The van der Waals surface area contributed by atoms with E-state index >= 15 is 0 Å². The maximum absolute atomic E-state index is 12.9. The third-order valence-electron chi connectivity index (χ3n) is 7.87. The molecule has 0 aromatic heterocycles. The molecule has 6 atom stereocenters. The molecule has 0 aromatic carbocycles. The van der Waals surface area contributed by atoms with Gasteiger partial charge in [-0.1, -0.05) is 0 Å². The summed E-state index contributed by atoms with van der Waals surface area (Å²) >= 11 is 12.3. The minimum absolute atomic E-state index is 0.00560. The van der Waals surface area contributed by atoms with Crippen molar-refractivity contribution >= 4 is 35.0 Å². The normalized spacial score (nSPS) is 42.4. The van der Waals surface area contributed by atoms with Crippen molar-refractivity contribution in [3.63, 3.8) is 0 Å². The summed E-state index contributed by atoms with van der Waals surface area (Å²) in [6.45, 7) is -0.142. The van der Waals surface area contributed by atoms with Gasteiger partial charge in [0.15, 0.2) is 6.10 Å². The van der Waals surface area contributed by atoms with Crippen LogP contribution in [0.3, 0.4) is 0 Å². The molecule has 3 N–H and O–H groups in total. The predicted octanol–water partition coefficient (Wildman–Crippen LogP) is 2.93. The van der Waals surface area contributed by atoms with Crippen LogP contribution in [0.5, 0.6) is 0 Å². The molecule has 2 bridgehead atoms. The Balaban J connectivity index is 1.26. The Labute approximate surface area is 206 Å². The summed E-state index contributed by atoms with van der Waals surface area (Å²) < 4.78 is 49.2. The Hall–Kier alpha value is -0.810. The summed E-state index contributed by atoms with van der Waals surface area (Å²) in [4.78, 5) is 25.2. The van der Waals surface area contributed by atoms with Crippen molar-refractivity contribution in [2.24, 2.45) is 0 Å². The second kappa shape index (κ2) is 9.92. The van der Waals surface area contributed by atoms with Gasteiger partial charge < -0.3 is 25.2 Å². The van der Waals surface area contributed by atoms with Crippen molar-refractivity contribution in [2.75, 3.05) is 6.61 Å². The van der Waals surface area contributed by atoms with E-state index < -0.39 is 41.5 Å². The number of nitrogens with one attached hydrogen (secondary N) is 2. The number of carbonyl (C=O) groups is 2. The molecule has 4 saturated carbocycles. The van der Waals surface area contributed by atoms with Crippen molar-refractivity contribution in [1.29, 1.82) is 0 Å². The van der Waals surface area contributed by atoms with Crippen LogP contribution in [0.2, 0.25) is 0 Å². The molecule has 4 aliphatic carbocycles. The third kappa shape index (κ3) is 5.61. The molecular formula is C22H31Cl2F3N2O5.